The lowest BCUT2D eigenvalue weighted by atomic mass is 10.1. The smallest absolute Gasteiger partial charge is 0.134 e. The van der Waals surface area contributed by atoms with Gasteiger partial charge in [-0.15, -0.1) is 0 Å². The first kappa shape index (κ1) is 25.0. The molecule has 0 spiro atoms. The van der Waals surface area contributed by atoms with Crippen molar-refractivity contribution in [3.63, 3.8) is 0 Å². The normalized spacial score (nSPS) is 22.3. The number of β-amino-alcohol motifs (C(OH)–C–C–N with tert-alkyl or cyclic N) is 1. The molecule has 2 fully saturated rings. The standard InChI is InChI=1S/C28H40N2O4/c1-24-9-11-26(12-10-24)34-23-28(31)21-30(16-18-32-22-28)20-25-7-5-8-27(19-25)33-17-6-15-29-13-3-2-4-14-29/h5,7-12,19,31H,2-4,6,13-18,20-23H2,1H3/t28-/m1/s1. The molecule has 4 rings (SSSR count). The first-order valence-electron chi connectivity index (χ1n) is 12.7. The van der Waals surface area contributed by atoms with E-state index in [9.17, 15) is 5.11 Å². The Morgan fingerprint density at radius 3 is 2.59 bits per heavy atom. The van der Waals surface area contributed by atoms with Crippen molar-refractivity contribution < 1.29 is 19.3 Å². The number of hydrogen-bond acceptors (Lipinski definition) is 6. The molecule has 2 aromatic carbocycles. The molecule has 1 atom stereocenters. The predicted octanol–water partition coefficient (Wildman–Crippen LogP) is 3.89. The Morgan fingerprint density at radius 1 is 0.941 bits per heavy atom. The van der Waals surface area contributed by atoms with Gasteiger partial charge in [-0.05, 0) is 69.1 Å². The zero-order valence-corrected chi connectivity index (χ0v) is 20.6. The third-order valence-corrected chi connectivity index (χ3v) is 6.61. The van der Waals surface area contributed by atoms with Crippen LogP contribution in [0.15, 0.2) is 48.5 Å². The molecule has 2 aromatic rings. The molecule has 34 heavy (non-hydrogen) atoms. The van der Waals surface area contributed by atoms with Crippen molar-refractivity contribution in [2.45, 2.75) is 44.8 Å². The lowest BCUT2D eigenvalue weighted by molar-refractivity contribution is -0.0646. The molecule has 0 radical (unpaired) electrons. The van der Waals surface area contributed by atoms with E-state index in [4.69, 9.17) is 14.2 Å². The van der Waals surface area contributed by atoms with Crippen LogP contribution >= 0.6 is 0 Å². The molecule has 2 saturated heterocycles. The molecule has 6 heteroatoms. The topological polar surface area (TPSA) is 54.4 Å². The maximum absolute atomic E-state index is 11.2. The van der Waals surface area contributed by atoms with Crippen LogP contribution in [0.1, 0.15) is 36.8 Å². The maximum atomic E-state index is 11.2. The summed E-state index contributed by atoms with van der Waals surface area (Å²) >= 11 is 0. The summed E-state index contributed by atoms with van der Waals surface area (Å²) in [6.45, 7) is 9.46. The van der Waals surface area contributed by atoms with Crippen molar-refractivity contribution in [2.24, 2.45) is 0 Å². The highest BCUT2D eigenvalue weighted by Gasteiger charge is 2.33. The minimum Gasteiger partial charge on any atom is -0.494 e. The second kappa shape index (κ2) is 12.5. The van der Waals surface area contributed by atoms with E-state index in [-0.39, 0.29) is 13.2 Å². The highest BCUT2D eigenvalue weighted by molar-refractivity contribution is 5.29. The van der Waals surface area contributed by atoms with E-state index in [1.54, 1.807) is 0 Å². The predicted molar refractivity (Wildman–Crippen MR) is 135 cm³/mol. The number of ether oxygens (including phenoxy) is 3. The number of rotatable bonds is 10. The van der Waals surface area contributed by atoms with Crippen LogP contribution < -0.4 is 9.47 Å². The van der Waals surface area contributed by atoms with Gasteiger partial charge in [0.25, 0.3) is 0 Å². The van der Waals surface area contributed by atoms with Crippen LogP contribution in [0.25, 0.3) is 0 Å². The lowest BCUT2D eigenvalue weighted by Gasteiger charge is -2.30. The minimum atomic E-state index is -1.05. The van der Waals surface area contributed by atoms with E-state index in [2.05, 4.69) is 28.0 Å². The molecular formula is C28H40N2O4. The fourth-order valence-electron chi connectivity index (χ4n) is 4.72. The van der Waals surface area contributed by atoms with Crippen LogP contribution in [0.3, 0.4) is 0 Å². The molecule has 2 aliphatic rings. The van der Waals surface area contributed by atoms with Gasteiger partial charge in [-0.1, -0.05) is 36.2 Å². The largest absolute Gasteiger partial charge is 0.494 e. The fourth-order valence-corrected chi connectivity index (χ4v) is 4.72. The third kappa shape index (κ3) is 7.98. The molecular weight excluding hydrogens is 428 g/mol. The van der Waals surface area contributed by atoms with Crippen molar-refractivity contribution in [2.75, 3.05) is 59.2 Å². The van der Waals surface area contributed by atoms with E-state index < -0.39 is 5.60 Å². The molecule has 0 aromatic heterocycles. The number of nitrogens with zero attached hydrogens (tertiary/aromatic N) is 2. The molecule has 0 aliphatic carbocycles. The minimum absolute atomic E-state index is 0.201. The second-order valence-corrected chi connectivity index (χ2v) is 9.84. The highest BCUT2D eigenvalue weighted by atomic mass is 16.5. The van der Waals surface area contributed by atoms with E-state index in [1.807, 2.05) is 37.3 Å². The van der Waals surface area contributed by atoms with E-state index in [0.29, 0.717) is 13.2 Å². The van der Waals surface area contributed by atoms with Crippen LogP contribution in [0.2, 0.25) is 0 Å². The summed E-state index contributed by atoms with van der Waals surface area (Å²) in [6, 6.07) is 16.2. The van der Waals surface area contributed by atoms with Crippen molar-refractivity contribution in [3.05, 3.63) is 59.7 Å². The maximum Gasteiger partial charge on any atom is 0.134 e. The van der Waals surface area contributed by atoms with E-state index >= 15 is 0 Å². The number of likely N-dealkylation sites (tertiary alicyclic amines) is 1. The van der Waals surface area contributed by atoms with Gasteiger partial charge in [0.1, 0.15) is 23.7 Å². The van der Waals surface area contributed by atoms with Crippen molar-refractivity contribution in [1.29, 1.82) is 0 Å². The Kier molecular flexibility index (Phi) is 9.22. The van der Waals surface area contributed by atoms with Gasteiger partial charge < -0.3 is 24.2 Å². The van der Waals surface area contributed by atoms with Gasteiger partial charge in [0, 0.05) is 26.2 Å². The Bertz CT molecular complexity index is 869. The number of hydrogen-bond donors (Lipinski definition) is 1. The molecule has 186 valence electrons. The van der Waals surface area contributed by atoms with Gasteiger partial charge in [0.15, 0.2) is 0 Å². The van der Waals surface area contributed by atoms with Crippen LogP contribution in [0.5, 0.6) is 11.5 Å². The second-order valence-electron chi connectivity index (χ2n) is 9.84. The lowest BCUT2D eigenvalue weighted by Crippen LogP contribution is -2.48. The summed E-state index contributed by atoms with van der Waals surface area (Å²) in [6.07, 6.45) is 5.09. The van der Waals surface area contributed by atoms with E-state index in [0.717, 1.165) is 44.2 Å². The number of aliphatic hydroxyl groups is 1. The molecule has 6 nitrogen and oxygen atoms in total. The van der Waals surface area contributed by atoms with Gasteiger partial charge in [0.2, 0.25) is 0 Å². The molecule has 1 N–H and O–H groups in total. The van der Waals surface area contributed by atoms with Crippen LogP contribution in [-0.4, -0.2) is 79.7 Å². The molecule has 0 amide bonds. The Balaban J connectivity index is 1.25. The summed E-state index contributed by atoms with van der Waals surface area (Å²) in [5, 5.41) is 11.2. The molecule has 2 heterocycles. The van der Waals surface area contributed by atoms with Gasteiger partial charge in [-0.2, -0.15) is 0 Å². The Hall–Kier alpha value is -2.12. The summed E-state index contributed by atoms with van der Waals surface area (Å²) in [7, 11) is 0. The monoisotopic (exact) mass is 468 g/mol. The number of benzene rings is 2. The van der Waals surface area contributed by atoms with Crippen molar-refractivity contribution in [1.82, 2.24) is 9.80 Å². The van der Waals surface area contributed by atoms with Crippen LogP contribution in [0.4, 0.5) is 0 Å². The quantitative estimate of drug-likeness (QED) is 0.534. The molecule has 0 bridgehead atoms. The molecule has 0 saturated carbocycles. The summed E-state index contributed by atoms with van der Waals surface area (Å²) in [5.41, 5.74) is 1.31. The van der Waals surface area contributed by atoms with Gasteiger partial charge >= 0.3 is 0 Å². The van der Waals surface area contributed by atoms with Crippen molar-refractivity contribution >= 4 is 0 Å². The summed E-state index contributed by atoms with van der Waals surface area (Å²) in [4.78, 5) is 4.79. The number of piperidine rings is 1. The Labute approximate surface area is 204 Å². The molecule has 0 unspecified atom stereocenters. The average molecular weight is 469 g/mol. The fraction of sp³-hybridized carbons (Fsp3) is 0.571. The zero-order chi connectivity index (χ0) is 23.6. The SMILES string of the molecule is Cc1ccc(OC[C@]2(O)COCCN(Cc3cccc(OCCCN4CCCCC4)c3)C2)cc1. The van der Waals surface area contributed by atoms with E-state index in [1.165, 1.54) is 43.5 Å². The Morgan fingerprint density at radius 2 is 1.76 bits per heavy atom. The summed E-state index contributed by atoms with van der Waals surface area (Å²) in [5.74, 6) is 1.68. The van der Waals surface area contributed by atoms with Crippen LogP contribution in [-0.2, 0) is 11.3 Å². The first-order valence-corrected chi connectivity index (χ1v) is 12.7. The third-order valence-electron chi connectivity index (χ3n) is 6.61. The summed E-state index contributed by atoms with van der Waals surface area (Å²) < 4.78 is 17.7. The number of aryl methyl sites for hydroxylation is 1. The van der Waals surface area contributed by atoms with Gasteiger partial charge in [-0.3, -0.25) is 4.90 Å². The van der Waals surface area contributed by atoms with Crippen molar-refractivity contribution in [3.8, 4) is 11.5 Å². The molecule has 2 aliphatic heterocycles. The van der Waals surface area contributed by atoms with Gasteiger partial charge in [0.05, 0.1) is 19.8 Å². The average Bonchev–Trinajstić information content (AvgIpc) is 3.04. The first-order chi connectivity index (χ1) is 16.6. The van der Waals surface area contributed by atoms with Crippen LogP contribution in [0, 0.1) is 6.92 Å². The zero-order valence-electron chi connectivity index (χ0n) is 20.6. The van der Waals surface area contributed by atoms with Gasteiger partial charge in [-0.25, -0.2) is 0 Å². The highest BCUT2D eigenvalue weighted by Crippen LogP contribution is 2.20.